The van der Waals surface area contributed by atoms with Crippen LogP contribution in [0.4, 0.5) is 0 Å². The maximum atomic E-state index is 12.3. The zero-order valence-electron chi connectivity index (χ0n) is 14.0. The highest BCUT2D eigenvalue weighted by molar-refractivity contribution is 5.92. The van der Waals surface area contributed by atoms with Crippen molar-refractivity contribution in [2.75, 3.05) is 26.2 Å². The number of carbonyl (C=O) groups is 1. The van der Waals surface area contributed by atoms with Crippen LogP contribution < -0.4 is 0 Å². The third-order valence-electron chi connectivity index (χ3n) is 5.23. The summed E-state index contributed by atoms with van der Waals surface area (Å²) in [6, 6.07) is 3.79. The average Bonchev–Trinajstić information content (AvgIpc) is 3.35. The molecule has 0 N–H and O–H groups in total. The molecule has 2 saturated heterocycles. The summed E-state index contributed by atoms with van der Waals surface area (Å²) in [5.74, 6) is 0.279. The molecule has 0 aromatic carbocycles. The van der Waals surface area contributed by atoms with Crippen molar-refractivity contribution in [1.82, 2.24) is 20.0 Å². The van der Waals surface area contributed by atoms with E-state index in [0.29, 0.717) is 5.69 Å². The van der Waals surface area contributed by atoms with E-state index in [2.05, 4.69) is 33.3 Å². The van der Waals surface area contributed by atoms with E-state index in [-0.39, 0.29) is 11.8 Å². The topological polar surface area (TPSA) is 49.3 Å². The van der Waals surface area contributed by atoms with Crippen LogP contribution in [0.1, 0.15) is 54.2 Å². The molecule has 2 fully saturated rings. The van der Waals surface area contributed by atoms with Crippen molar-refractivity contribution in [3.63, 3.8) is 0 Å². The van der Waals surface area contributed by atoms with Gasteiger partial charge in [-0.15, -0.1) is 5.10 Å². The van der Waals surface area contributed by atoms with Gasteiger partial charge in [0, 0.05) is 37.8 Å². The van der Waals surface area contributed by atoms with Gasteiger partial charge in [-0.05, 0) is 50.3 Å². The van der Waals surface area contributed by atoms with E-state index in [0.717, 1.165) is 38.0 Å². The standard InChI is InChI=1S/C19H24N4O/c24-19(23-13-3-4-14-23)18-10-9-17(20-21-18)15-5-7-16(8-6-15)22-11-1-2-12-22/h5,7-10,15H,1-4,6,11-14H2. The van der Waals surface area contributed by atoms with Gasteiger partial charge in [-0.25, -0.2) is 0 Å². The second-order valence-electron chi connectivity index (χ2n) is 6.87. The van der Waals surface area contributed by atoms with Crippen LogP contribution in [0.25, 0.3) is 0 Å². The zero-order chi connectivity index (χ0) is 16.4. The molecule has 1 amide bonds. The summed E-state index contributed by atoms with van der Waals surface area (Å²) in [4.78, 5) is 16.6. The van der Waals surface area contributed by atoms with Crippen LogP contribution in [-0.4, -0.2) is 52.1 Å². The van der Waals surface area contributed by atoms with E-state index < -0.39 is 0 Å². The van der Waals surface area contributed by atoms with E-state index >= 15 is 0 Å². The van der Waals surface area contributed by atoms with Gasteiger partial charge in [-0.1, -0.05) is 12.2 Å². The molecule has 0 saturated carbocycles. The molecule has 1 atom stereocenters. The molecule has 1 aromatic rings. The number of hydrogen-bond acceptors (Lipinski definition) is 4. The van der Waals surface area contributed by atoms with Crippen molar-refractivity contribution in [3.8, 4) is 0 Å². The summed E-state index contributed by atoms with van der Waals surface area (Å²) in [6.45, 7) is 4.04. The number of allylic oxidation sites excluding steroid dienone is 3. The summed E-state index contributed by atoms with van der Waals surface area (Å²) < 4.78 is 0. The van der Waals surface area contributed by atoms with Gasteiger partial charge in [-0.3, -0.25) is 4.79 Å². The fourth-order valence-electron chi connectivity index (χ4n) is 3.77. The summed E-state index contributed by atoms with van der Waals surface area (Å²) in [7, 11) is 0. The molecule has 1 aromatic heterocycles. The number of nitrogens with zero attached hydrogens (tertiary/aromatic N) is 4. The van der Waals surface area contributed by atoms with Crippen molar-refractivity contribution in [1.29, 1.82) is 0 Å². The lowest BCUT2D eigenvalue weighted by atomic mass is 9.95. The van der Waals surface area contributed by atoms with Gasteiger partial charge in [0.05, 0.1) is 5.69 Å². The van der Waals surface area contributed by atoms with Crippen molar-refractivity contribution < 1.29 is 4.79 Å². The minimum absolute atomic E-state index is 0.0157. The minimum Gasteiger partial charge on any atom is -0.372 e. The Morgan fingerprint density at radius 3 is 2.38 bits per heavy atom. The molecule has 0 radical (unpaired) electrons. The SMILES string of the molecule is O=C(c1ccc(C2C=CC(N3CCCC3)=CC2)nn1)N1CCCC1. The molecule has 0 bridgehead atoms. The van der Waals surface area contributed by atoms with Gasteiger partial charge in [0.2, 0.25) is 0 Å². The Hall–Kier alpha value is -2.17. The first-order valence-electron chi connectivity index (χ1n) is 9.07. The lowest BCUT2D eigenvalue weighted by Gasteiger charge is -2.23. The second-order valence-corrected chi connectivity index (χ2v) is 6.87. The number of carbonyl (C=O) groups excluding carboxylic acids is 1. The molecule has 2 aliphatic heterocycles. The Morgan fingerprint density at radius 2 is 1.75 bits per heavy atom. The molecule has 5 heteroatoms. The lowest BCUT2D eigenvalue weighted by molar-refractivity contribution is 0.0785. The normalized spacial score (nSPS) is 23.7. The first-order chi connectivity index (χ1) is 11.8. The molecular weight excluding hydrogens is 300 g/mol. The van der Waals surface area contributed by atoms with Crippen LogP contribution in [0, 0.1) is 0 Å². The molecule has 0 spiro atoms. The molecule has 126 valence electrons. The summed E-state index contributed by atoms with van der Waals surface area (Å²) in [5.41, 5.74) is 2.76. The molecule has 3 aliphatic rings. The third kappa shape index (κ3) is 3.07. The summed E-state index contributed by atoms with van der Waals surface area (Å²) in [5, 5.41) is 8.51. The predicted molar refractivity (Wildman–Crippen MR) is 92.6 cm³/mol. The zero-order valence-corrected chi connectivity index (χ0v) is 14.0. The van der Waals surface area contributed by atoms with Crippen molar-refractivity contribution in [2.24, 2.45) is 0 Å². The van der Waals surface area contributed by atoms with Crippen LogP contribution in [0.3, 0.4) is 0 Å². The van der Waals surface area contributed by atoms with E-state index in [1.807, 2.05) is 17.0 Å². The Balaban J connectivity index is 1.40. The molecule has 24 heavy (non-hydrogen) atoms. The predicted octanol–water partition coefficient (Wildman–Crippen LogP) is 2.74. The second kappa shape index (κ2) is 6.75. The van der Waals surface area contributed by atoms with Crippen LogP contribution in [0.15, 0.2) is 36.1 Å². The van der Waals surface area contributed by atoms with Crippen molar-refractivity contribution in [3.05, 3.63) is 47.4 Å². The fourth-order valence-corrected chi connectivity index (χ4v) is 3.77. The Labute approximate surface area is 143 Å². The Morgan fingerprint density at radius 1 is 1.00 bits per heavy atom. The molecule has 3 heterocycles. The van der Waals surface area contributed by atoms with Crippen LogP contribution in [0.2, 0.25) is 0 Å². The first-order valence-corrected chi connectivity index (χ1v) is 9.07. The van der Waals surface area contributed by atoms with Crippen molar-refractivity contribution in [2.45, 2.75) is 38.0 Å². The number of amides is 1. The third-order valence-corrected chi connectivity index (χ3v) is 5.23. The largest absolute Gasteiger partial charge is 0.372 e. The molecule has 1 aliphatic carbocycles. The number of likely N-dealkylation sites (tertiary alicyclic amines) is 2. The monoisotopic (exact) mass is 324 g/mol. The quantitative estimate of drug-likeness (QED) is 0.858. The maximum Gasteiger partial charge on any atom is 0.274 e. The van der Waals surface area contributed by atoms with E-state index in [1.165, 1.54) is 31.6 Å². The number of hydrogen-bond donors (Lipinski definition) is 0. The molecule has 1 unspecified atom stereocenters. The molecule has 5 nitrogen and oxygen atoms in total. The van der Waals surface area contributed by atoms with Gasteiger partial charge in [-0.2, -0.15) is 5.10 Å². The highest BCUT2D eigenvalue weighted by Crippen LogP contribution is 2.28. The first kappa shape index (κ1) is 15.4. The van der Waals surface area contributed by atoms with Crippen LogP contribution in [-0.2, 0) is 0 Å². The van der Waals surface area contributed by atoms with E-state index in [4.69, 9.17) is 0 Å². The van der Waals surface area contributed by atoms with Gasteiger partial charge < -0.3 is 9.80 Å². The Kier molecular flexibility index (Phi) is 4.32. The van der Waals surface area contributed by atoms with Gasteiger partial charge in [0.15, 0.2) is 5.69 Å². The van der Waals surface area contributed by atoms with E-state index in [1.54, 1.807) is 0 Å². The van der Waals surface area contributed by atoms with Crippen LogP contribution in [0.5, 0.6) is 0 Å². The van der Waals surface area contributed by atoms with Gasteiger partial charge >= 0.3 is 0 Å². The van der Waals surface area contributed by atoms with Gasteiger partial charge in [0.25, 0.3) is 5.91 Å². The Bertz CT molecular complexity index is 652. The van der Waals surface area contributed by atoms with E-state index in [9.17, 15) is 4.79 Å². The molecular formula is C19H24N4O. The van der Waals surface area contributed by atoms with Crippen LogP contribution >= 0.6 is 0 Å². The highest BCUT2D eigenvalue weighted by atomic mass is 16.2. The highest BCUT2D eigenvalue weighted by Gasteiger charge is 2.22. The maximum absolute atomic E-state index is 12.3. The van der Waals surface area contributed by atoms with Crippen molar-refractivity contribution >= 4 is 5.91 Å². The molecule has 4 rings (SSSR count). The number of aromatic nitrogens is 2. The summed E-state index contributed by atoms with van der Waals surface area (Å²) >= 11 is 0. The minimum atomic E-state index is 0.0157. The van der Waals surface area contributed by atoms with Gasteiger partial charge in [0.1, 0.15) is 0 Å². The number of rotatable bonds is 3. The lowest BCUT2D eigenvalue weighted by Crippen LogP contribution is -2.28. The average molecular weight is 324 g/mol. The smallest absolute Gasteiger partial charge is 0.274 e. The summed E-state index contributed by atoms with van der Waals surface area (Å²) in [6.07, 6.45) is 12.5. The fraction of sp³-hybridized carbons (Fsp3) is 0.526.